The van der Waals surface area contributed by atoms with Gasteiger partial charge in [0, 0.05) is 35.7 Å². The Morgan fingerprint density at radius 3 is 3.00 bits per heavy atom. The topological polar surface area (TPSA) is 28.2 Å². The van der Waals surface area contributed by atoms with Crippen LogP contribution in [0.15, 0.2) is 29.1 Å². The summed E-state index contributed by atoms with van der Waals surface area (Å²) in [5.41, 5.74) is 5.45. The molecule has 1 heterocycles. The number of nitrogens with zero attached hydrogens (tertiary/aromatic N) is 2. The average Bonchev–Trinajstić information content (AvgIpc) is 3.13. The van der Waals surface area contributed by atoms with Crippen LogP contribution < -0.4 is 10.2 Å². The number of rotatable bonds is 6. The van der Waals surface area contributed by atoms with Crippen LogP contribution in [0.3, 0.4) is 0 Å². The van der Waals surface area contributed by atoms with Crippen LogP contribution in [0.5, 0.6) is 0 Å². The number of hydrogen-bond acceptors (Lipinski definition) is 4. The molecular weight excluding hydrogens is 290 g/mol. The zero-order valence-electron chi connectivity index (χ0n) is 11.5. The van der Waals surface area contributed by atoms with Gasteiger partial charge in [-0.1, -0.05) is 11.6 Å². The first kappa shape index (κ1) is 13.9. The van der Waals surface area contributed by atoms with Crippen LogP contribution in [-0.2, 0) is 13.1 Å². The van der Waals surface area contributed by atoms with E-state index in [4.69, 9.17) is 11.6 Å². The number of aromatic nitrogens is 1. The van der Waals surface area contributed by atoms with Crippen molar-refractivity contribution in [2.24, 2.45) is 0 Å². The summed E-state index contributed by atoms with van der Waals surface area (Å²) in [6, 6.07) is 6.81. The van der Waals surface area contributed by atoms with Gasteiger partial charge in [0.2, 0.25) is 0 Å². The van der Waals surface area contributed by atoms with E-state index in [9.17, 15) is 0 Å². The van der Waals surface area contributed by atoms with Gasteiger partial charge in [0.25, 0.3) is 0 Å². The number of anilines is 1. The maximum Gasteiger partial charge on any atom is 0.0795 e. The summed E-state index contributed by atoms with van der Waals surface area (Å²) in [6.45, 7) is 1.70. The molecule has 0 aliphatic heterocycles. The lowest BCUT2D eigenvalue weighted by Crippen LogP contribution is -2.21. The number of thiazole rings is 1. The van der Waals surface area contributed by atoms with E-state index < -0.39 is 0 Å². The largest absolute Gasteiger partial charge is 0.368 e. The lowest BCUT2D eigenvalue weighted by atomic mass is 10.1. The molecule has 1 aromatic carbocycles. The molecule has 0 unspecified atom stereocenters. The van der Waals surface area contributed by atoms with E-state index in [1.165, 1.54) is 24.1 Å². The van der Waals surface area contributed by atoms with Crippen molar-refractivity contribution in [1.82, 2.24) is 10.3 Å². The molecule has 1 saturated carbocycles. The highest BCUT2D eigenvalue weighted by atomic mass is 35.5. The molecule has 1 fully saturated rings. The number of halogens is 1. The smallest absolute Gasteiger partial charge is 0.0795 e. The summed E-state index contributed by atoms with van der Waals surface area (Å²) in [5, 5.41) is 6.44. The van der Waals surface area contributed by atoms with Crippen LogP contribution in [0.4, 0.5) is 5.69 Å². The molecule has 0 atom stereocenters. The first-order valence-electron chi connectivity index (χ1n) is 6.82. The average molecular weight is 308 g/mol. The number of benzene rings is 1. The molecule has 1 aromatic heterocycles. The van der Waals surface area contributed by atoms with E-state index in [0.29, 0.717) is 6.04 Å². The second kappa shape index (κ2) is 6.12. The zero-order valence-corrected chi connectivity index (χ0v) is 13.0. The minimum Gasteiger partial charge on any atom is -0.368 e. The van der Waals surface area contributed by atoms with E-state index in [-0.39, 0.29) is 0 Å². The molecule has 1 aliphatic carbocycles. The van der Waals surface area contributed by atoms with Gasteiger partial charge in [-0.3, -0.25) is 0 Å². The Labute approximate surface area is 128 Å². The predicted octanol–water partition coefficient (Wildman–Crippen LogP) is 3.68. The molecule has 1 aliphatic rings. The quantitative estimate of drug-likeness (QED) is 0.882. The fourth-order valence-electron chi connectivity index (χ4n) is 2.25. The van der Waals surface area contributed by atoms with Gasteiger partial charge in [-0.25, -0.2) is 4.98 Å². The molecule has 3 rings (SSSR count). The zero-order chi connectivity index (χ0) is 13.9. The Morgan fingerprint density at radius 1 is 1.45 bits per heavy atom. The van der Waals surface area contributed by atoms with Gasteiger partial charge in [-0.2, -0.15) is 0 Å². The van der Waals surface area contributed by atoms with Crippen LogP contribution in [0, 0.1) is 0 Å². The number of hydrogen-bond donors (Lipinski definition) is 1. The molecule has 0 amide bonds. The normalized spacial score (nSPS) is 14.5. The highest BCUT2D eigenvalue weighted by molar-refractivity contribution is 7.07. The third-order valence-electron chi connectivity index (χ3n) is 3.49. The Morgan fingerprint density at radius 2 is 2.30 bits per heavy atom. The molecule has 2 aromatic rings. The molecule has 5 heteroatoms. The fraction of sp³-hybridized carbons (Fsp3) is 0.400. The first-order valence-corrected chi connectivity index (χ1v) is 8.14. The van der Waals surface area contributed by atoms with Crippen molar-refractivity contribution < 1.29 is 0 Å². The van der Waals surface area contributed by atoms with Gasteiger partial charge in [0.15, 0.2) is 0 Å². The number of nitrogens with one attached hydrogen (secondary N) is 1. The Hall–Kier alpha value is -1.10. The van der Waals surface area contributed by atoms with Crippen molar-refractivity contribution in [1.29, 1.82) is 0 Å². The molecule has 0 bridgehead atoms. The van der Waals surface area contributed by atoms with E-state index in [1.807, 2.05) is 11.6 Å². The highest BCUT2D eigenvalue weighted by Gasteiger charge is 2.21. The van der Waals surface area contributed by atoms with Crippen LogP contribution in [-0.4, -0.2) is 18.1 Å². The van der Waals surface area contributed by atoms with Crippen molar-refractivity contribution in [2.75, 3.05) is 11.9 Å². The summed E-state index contributed by atoms with van der Waals surface area (Å²) >= 11 is 7.77. The van der Waals surface area contributed by atoms with E-state index in [0.717, 1.165) is 23.8 Å². The molecule has 20 heavy (non-hydrogen) atoms. The predicted molar refractivity (Wildman–Crippen MR) is 85.5 cm³/mol. The first-order chi connectivity index (χ1) is 9.72. The molecule has 0 saturated heterocycles. The maximum atomic E-state index is 6.14. The Kier molecular flexibility index (Phi) is 4.24. The minimum absolute atomic E-state index is 0.700. The van der Waals surface area contributed by atoms with Crippen LogP contribution in [0.2, 0.25) is 5.02 Å². The molecule has 0 spiro atoms. The Bertz CT molecular complexity index is 567. The summed E-state index contributed by atoms with van der Waals surface area (Å²) in [5.74, 6) is 0. The molecule has 106 valence electrons. The standard InChI is InChI=1S/C15H18ClN3S/c1-19(8-14-9-20-10-18-14)15-5-2-12(16)6-11(15)7-17-13-3-4-13/h2,5-6,9-10,13,17H,3-4,7-8H2,1H3. The third-order valence-corrected chi connectivity index (χ3v) is 4.36. The van der Waals surface area contributed by atoms with Gasteiger partial charge in [0.1, 0.15) is 0 Å². The molecule has 1 N–H and O–H groups in total. The van der Waals surface area contributed by atoms with Crippen LogP contribution in [0.25, 0.3) is 0 Å². The second-order valence-corrected chi connectivity index (χ2v) is 6.42. The fourth-order valence-corrected chi connectivity index (χ4v) is 3.00. The third kappa shape index (κ3) is 3.51. The summed E-state index contributed by atoms with van der Waals surface area (Å²) in [4.78, 5) is 6.58. The molecule has 3 nitrogen and oxygen atoms in total. The van der Waals surface area contributed by atoms with E-state index >= 15 is 0 Å². The van der Waals surface area contributed by atoms with Crippen molar-refractivity contribution in [3.63, 3.8) is 0 Å². The second-order valence-electron chi connectivity index (χ2n) is 5.26. The maximum absolute atomic E-state index is 6.14. The van der Waals surface area contributed by atoms with Gasteiger partial charge in [0.05, 0.1) is 17.7 Å². The van der Waals surface area contributed by atoms with E-state index in [2.05, 4.69) is 39.8 Å². The van der Waals surface area contributed by atoms with Crippen molar-refractivity contribution in [3.05, 3.63) is 45.4 Å². The lowest BCUT2D eigenvalue weighted by Gasteiger charge is -2.22. The highest BCUT2D eigenvalue weighted by Crippen LogP contribution is 2.26. The summed E-state index contributed by atoms with van der Waals surface area (Å²) < 4.78 is 0. The summed E-state index contributed by atoms with van der Waals surface area (Å²) in [7, 11) is 2.10. The van der Waals surface area contributed by atoms with Crippen LogP contribution in [0.1, 0.15) is 24.1 Å². The van der Waals surface area contributed by atoms with Crippen molar-refractivity contribution in [2.45, 2.75) is 32.0 Å². The Balaban J connectivity index is 1.75. The van der Waals surface area contributed by atoms with Gasteiger partial charge >= 0.3 is 0 Å². The van der Waals surface area contributed by atoms with E-state index in [1.54, 1.807) is 11.3 Å². The van der Waals surface area contributed by atoms with Gasteiger partial charge in [-0.05, 0) is 36.6 Å². The van der Waals surface area contributed by atoms with Crippen molar-refractivity contribution >= 4 is 28.6 Å². The minimum atomic E-state index is 0.700. The van der Waals surface area contributed by atoms with Gasteiger partial charge in [-0.15, -0.1) is 11.3 Å². The molecular formula is C15H18ClN3S. The van der Waals surface area contributed by atoms with Crippen LogP contribution >= 0.6 is 22.9 Å². The SMILES string of the molecule is CN(Cc1cscn1)c1ccc(Cl)cc1CNC1CC1. The monoisotopic (exact) mass is 307 g/mol. The lowest BCUT2D eigenvalue weighted by molar-refractivity contribution is 0.685. The summed E-state index contributed by atoms with van der Waals surface area (Å²) in [6.07, 6.45) is 2.59. The molecule has 0 radical (unpaired) electrons. The van der Waals surface area contributed by atoms with Crippen molar-refractivity contribution in [3.8, 4) is 0 Å². The van der Waals surface area contributed by atoms with Gasteiger partial charge < -0.3 is 10.2 Å².